The lowest BCUT2D eigenvalue weighted by atomic mass is 10.1. The van der Waals surface area contributed by atoms with E-state index in [0.717, 1.165) is 50.4 Å². The molecule has 2 aromatic rings. The summed E-state index contributed by atoms with van der Waals surface area (Å²) < 4.78 is 23.7. The molecule has 1 atom stereocenters. The third kappa shape index (κ3) is 4.03. The average Bonchev–Trinajstić information content (AvgIpc) is 3.20. The van der Waals surface area contributed by atoms with E-state index in [4.69, 9.17) is 9.26 Å². The maximum atomic E-state index is 12.9. The van der Waals surface area contributed by atoms with Crippen LogP contribution in [0, 0.1) is 5.82 Å². The zero-order valence-corrected chi connectivity index (χ0v) is 14.6. The first-order valence-electron chi connectivity index (χ1n) is 9.19. The molecule has 0 N–H and O–H groups in total. The first kappa shape index (κ1) is 17.0. The van der Waals surface area contributed by atoms with Gasteiger partial charge in [0, 0.05) is 24.9 Å². The predicted molar refractivity (Wildman–Crippen MR) is 91.2 cm³/mol. The van der Waals surface area contributed by atoms with Gasteiger partial charge in [-0.15, -0.1) is 0 Å². The zero-order valence-electron chi connectivity index (χ0n) is 14.6. The summed E-state index contributed by atoms with van der Waals surface area (Å²) in [4.78, 5) is 18.8. The summed E-state index contributed by atoms with van der Waals surface area (Å²) in [6.07, 6.45) is 5.79. The Morgan fingerprint density at radius 1 is 1.27 bits per heavy atom. The van der Waals surface area contributed by atoms with Gasteiger partial charge in [0.05, 0.1) is 0 Å². The highest BCUT2D eigenvalue weighted by atomic mass is 19.1. The van der Waals surface area contributed by atoms with Crippen molar-refractivity contribution in [3.8, 4) is 5.75 Å². The van der Waals surface area contributed by atoms with Crippen LogP contribution in [0.15, 0.2) is 28.8 Å². The molecule has 1 unspecified atom stereocenters. The van der Waals surface area contributed by atoms with Crippen LogP contribution in [0.2, 0.25) is 0 Å². The Hall–Kier alpha value is -2.44. The standard InChI is InChI=1S/C19H22FN3O3/c20-14-5-8-16(9-6-14)25-12-18(24)23-11-1-2-15(23)7-10-17-21-19(26-22-17)13-3-4-13/h5-6,8-9,13,15H,1-4,7,10-12H2. The molecule has 138 valence electrons. The Morgan fingerprint density at radius 2 is 2.08 bits per heavy atom. The van der Waals surface area contributed by atoms with E-state index in [9.17, 15) is 9.18 Å². The monoisotopic (exact) mass is 359 g/mol. The third-order valence-corrected chi connectivity index (χ3v) is 4.98. The molecule has 1 amide bonds. The number of carbonyl (C=O) groups is 1. The molecule has 1 aromatic heterocycles. The summed E-state index contributed by atoms with van der Waals surface area (Å²) in [6.45, 7) is 0.714. The van der Waals surface area contributed by atoms with E-state index in [0.29, 0.717) is 18.1 Å². The van der Waals surface area contributed by atoms with Crippen LogP contribution in [0.5, 0.6) is 5.75 Å². The van der Waals surface area contributed by atoms with Crippen molar-refractivity contribution < 1.29 is 18.4 Å². The van der Waals surface area contributed by atoms with Crippen molar-refractivity contribution in [3.05, 3.63) is 41.8 Å². The molecular formula is C19H22FN3O3. The fraction of sp³-hybridized carbons (Fsp3) is 0.526. The topological polar surface area (TPSA) is 68.5 Å². The van der Waals surface area contributed by atoms with Gasteiger partial charge < -0.3 is 14.2 Å². The quantitative estimate of drug-likeness (QED) is 0.760. The minimum Gasteiger partial charge on any atom is -0.484 e. The van der Waals surface area contributed by atoms with E-state index in [1.165, 1.54) is 24.3 Å². The van der Waals surface area contributed by atoms with Crippen molar-refractivity contribution in [1.29, 1.82) is 0 Å². The van der Waals surface area contributed by atoms with Gasteiger partial charge in [-0.3, -0.25) is 4.79 Å². The molecule has 1 aliphatic carbocycles. The number of aryl methyl sites for hydroxylation is 1. The van der Waals surface area contributed by atoms with Crippen LogP contribution in [-0.4, -0.2) is 40.1 Å². The van der Waals surface area contributed by atoms with Gasteiger partial charge in [0.25, 0.3) is 5.91 Å². The molecule has 26 heavy (non-hydrogen) atoms. The second kappa shape index (κ2) is 7.43. The third-order valence-electron chi connectivity index (χ3n) is 4.98. The second-order valence-electron chi connectivity index (χ2n) is 6.99. The minimum atomic E-state index is -0.324. The highest BCUT2D eigenvalue weighted by Crippen LogP contribution is 2.38. The number of benzene rings is 1. The van der Waals surface area contributed by atoms with E-state index >= 15 is 0 Å². The van der Waals surface area contributed by atoms with Crippen LogP contribution in [0.25, 0.3) is 0 Å². The smallest absolute Gasteiger partial charge is 0.260 e. The van der Waals surface area contributed by atoms with Crippen molar-refractivity contribution >= 4 is 5.91 Å². The molecule has 2 heterocycles. The van der Waals surface area contributed by atoms with Gasteiger partial charge in [0.1, 0.15) is 11.6 Å². The van der Waals surface area contributed by atoms with Crippen molar-refractivity contribution in [1.82, 2.24) is 15.0 Å². The predicted octanol–water partition coefficient (Wildman–Crippen LogP) is 3.09. The molecule has 7 heteroatoms. The van der Waals surface area contributed by atoms with E-state index in [-0.39, 0.29) is 24.4 Å². The molecule has 1 saturated heterocycles. The van der Waals surface area contributed by atoms with E-state index < -0.39 is 0 Å². The molecule has 2 aliphatic rings. The molecule has 6 nitrogen and oxygen atoms in total. The number of halogens is 1. The molecule has 0 bridgehead atoms. The molecular weight excluding hydrogens is 337 g/mol. The summed E-state index contributed by atoms with van der Waals surface area (Å²) >= 11 is 0. The number of hydrogen-bond acceptors (Lipinski definition) is 5. The number of nitrogens with zero attached hydrogens (tertiary/aromatic N) is 3. The average molecular weight is 359 g/mol. The Balaban J connectivity index is 1.27. The lowest BCUT2D eigenvalue weighted by Crippen LogP contribution is -2.38. The van der Waals surface area contributed by atoms with E-state index in [2.05, 4.69) is 10.1 Å². The molecule has 4 rings (SSSR count). The van der Waals surface area contributed by atoms with E-state index in [1.807, 2.05) is 4.90 Å². The maximum absolute atomic E-state index is 12.9. The molecule has 1 saturated carbocycles. The van der Waals surface area contributed by atoms with Crippen LogP contribution in [0.3, 0.4) is 0 Å². The number of hydrogen-bond donors (Lipinski definition) is 0. The number of rotatable bonds is 7. The van der Waals surface area contributed by atoms with Crippen LogP contribution >= 0.6 is 0 Å². The lowest BCUT2D eigenvalue weighted by molar-refractivity contribution is -0.134. The number of ether oxygens (including phenoxy) is 1. The van der Waals surface area contributed by atoms with Crippen LogP contribution in [0.4, 0.5) is 4.39 Å². The summed E-state index contributed by atoms with van der Waals surface area (Å²) in [6, 6.07) is 5.87. The molecule has 0 spiro atoms. The summed E-state index contributed by atoms with van der Waals surface area (Å²) in [5.41, 5.74) is 0. The van der Waals surface area contributed by atoms with E-state index in [1.54, 1.807) is 0 Å². The first-order valence-corrected chi connectivity index (χ1v) is 9.19. The van der Waals surface area contributed by atoms with Crippen LogP contribution < -0.4 is 4.74 Å². The largest absolute Gasteiger partial charge is 0.484 e. The van der Waals surface area contributed by atoms with Gasteiger partial charge in [0.2, 0.25) is 5.89 Å². The van der Waals surface area contributed by atoms with Crippen molar-refractivity contribution in [3.63, 3.8) is 0 Å². The van der Waals surface area contributed by atoms with Gasteiger partial charge in [-0.1, -0.05) is 5.16 Å². The Morgan fingerprint density at radius 3 is 2.85 bits per heavy atom. The summed E-state index contributed by atoms with van der Waals surface area (Å²) in [5.74, 6) is 2.08. The number of amides is 1. The molecule has 0 radical (unpaired) electrons. The van der Waals surface area contributed by atoms with Crippen molar-refractivity contribution in [2.45, 2.75) is 50.5 Å². The zero-order chi connectivity index (χ0) is 17.9. The van der Waals surface area contributed by atoms with Gasteiger partial charge in [0.15, 0.2) is 12.4 Å². The second-order valence-corrected chi connectivity index (χ2v) is 6.99. The van der Waals surface area contributed by atoms with Gasteiger partial charge in [-0.2, -0.15) is 4.98 Å². The first-order chi connectivity index (χ1) is 12.7. The van der Waals surface area contributed by atoms with Gasteiger partial charge in [-0.05, 0) is 56.4 Å². The fourth-order valence-electron chi connectivity index (χ4n) is 3.38. The Labute approximate surface area is 151 Å². The van der Waals surface area contributed by atoms with Crippen LogP contribution in [-0.2, 0) is 11.2 Å². The SMILES string of the molecule is O=C(COc1ccc(F)cc1)N1CCCC1CCc1noc(C2CC2)n1. The Kier molecular flexibility index (Phi) is 4.86. The van der Waals surface area contributed by atoms with Gasteiger partial charge >= 0.3 is 0 Å². The fourth-order valence-corrected chi connectivity index (χ4v) is 3.38. The Bertz CT molecular complexity index is 758. The van der Waals surface area contributed by atoms with Crippen molar-refractivity contribution in [2.75, 3.05) is 13.2 Å². The summed E-state index contributed by atoms with van der Waals surface area (Å²) in [5, 5.41) is 4.05. The normalized spacial score (nSPS) is 19.7. The number of aromatic nitrogens is 2. The minimum absolute atomic E-state index is 0.0316. The van der Waals surface area contributed by atoms with Crippen LogP contribution in [0.1, 0.15) is 49.7 Å². The molecule has 1 aliphatic heterocycles. The molecule has 1 aromatic carbocycles. The molecule has 2 fully saturated rings. The highest BCUT2D eigenvalue weighted by molar-refractivity contribution is 5.78. The lowest BCUT2D eigenvalue weighted by Gasteiger charge is -2.24. The maximum Gasteiger partial charge on any atom is 0.260 e. The summed E-state index contributed by atoms with van der Waals surface area (Å²) in [7, 11) is 0. The number of likely N-dealkylation sites (tertiary alicyclic amines) is 1. The van der Waals surface area contributed by atoms with Crippen molar-refractivity contribution in [2.24, 2.45) is 0 Å². The highest BCUT2D eigenvalue weighted by Gasteiger charge is 2.31. The number of carbonyl (C=O) groups excluding carboxylic acids is 1. The van der Waals surface area contributed by atoms with Gasteiger partial charge in [-0.25, -0.2) is 4.39 Å².